The minimum atomic E-state index is -3.73. The van der Waals surface area contributed by atoms with Crippen molar-refractivity contribution in [3.63, 3.8) is 0 Å². The molecular weight excluding hydrogens is 286 g/mol. The fraction of sp³-hybridized carbons (Fsp3) is 0.364. The molecule has 0 bridgehead atoms. The van der Waals surface area contributed by atoms with Crippen LogP contribution in [0.2, 0.25) is 0 Å². The standard InChI is InChI=1S/C11H15N3O5S/c1-13(2)10(15)7-12-8-5-4-6-9(20(3,18)19)11(8)14(16)17/h4-6,12H,7H2,1-3H3. The van der Waals surface area contributed by atoms with E-state index in [0.717, 1.165) is 12.3 Å². The number of anilines is 1. The molecule has 9 heteroatoms. The predicted octanol–water partition coefficient (Wildman–Crippen LogP) is 0.498. The lowest BCUT2D eigenvalue weighted by molar-refractivity contribution is -0.386. The van der Waals surface area contributed by atoms with Gasteiger partial charge in [0.2, 0.25) is 5.91 Å². The summed E-state index contributed by atoms with van der Waals surface area (Å²) < 4.78 is 23.1. The van der Waals surface area contributed by atoms with Gasteiger partial charge in [-0.3, -0.25) is 14.9 Å². The SMILES string of the molecule is CN(C)C(=O)CNc1cccc(S(C)(=O)=O)c1[N+](=O)[O-]. The second-order valence-electron chi connectivity index (χ2n) is 4.32. The summed E-state index contributed by atoms with van der Waals surface area (Å²) in [4.78, 5) is 22.7. The molecule has 0 atom stereocenters. The lowest BCUT2D eigenvalue weighted by atomic mass is 10.2. The molecule has 0 radical (unpaired) electrons. The van der Waals surface area contributed by atoms with Crippen LogP contribution in [-0.2, 0) is 14.6 Å². The molecule has 0 aromatic heterocycles. The first-order chi connectivity index (χ1) is 9.14. The summed E-state index contributed by atoms with van der Waals surface area (Å²) in [5.74, 6) is -0.288. The van der Waals surface area contributed by atoms with Crippen molar-refractivity contribution in [1.29, 1.82) is 0 Å². The quantitative estimate of drug-likeness (QED) is 0.626. The number of rotatable bonds is 5. The van der Waals surface area contributed by atoms with Gasteiger partial charge in [-0.2, -0.15) is 0 Å². The Morgan fingerprint density at radius 2 is 2.00 bits per heavy atom. The number of hydrogen-bond acceptors (Lipinski definition) is 6. The number of hydrogen-bond donors (Lipinski definition) is 1. The molecule has 0 aliphatic carbocycles. The lowest BCUT2D eigenvalue weighted by Gasteiger charge is -2.12. The summed E-state index contributed by atoms with van der Waals surface area (Å²) >= 11 is 0. The van der Waals surface area contributed by atoms with Gasteiger partial charge < -0.3 is 10.2 Å². The van der Waals surface area contributed by atoms with E-state index in [9.17, 15) is 23.3 Å². The summed E-state index contributed by atoms with van der Waals surface area (Å²) in [5.41, 5.74) is -0.560. The van der Waals surface area contributed by atoms with Crippen LogP contribution in [0.4, 0.5) is 11.4 Å². The fourth-order valence-electron chi connectivity index (χ4n) is 1.48. The molecule has 1 N–H and O–H groups in total. The average molecular weight is 301 g/mol. The van der Waals surface area contributed by atoms with E-state index in [-0.39, 0.29) is 23.0 Å². The van der Waals surface area contributed by atoms with Crippen molar-refractivity contribution in [3.8, 4) is 0 Å². The topological polar surface area (TPSA) is 110 Å². The fourth-order valence-corrected chi connectivity index (χ4v) is 2.34. The van der Waals surface area contributed by atoms with Gasteiger partial charge in [0.1, 0.15) is 10.6 Å². The molecule has 20 heavy (non-hydrogen) atoms. The summed E-state index contributed by atoms with van der Waals surface area (Å²) in [6.07, 6.45) is 0.893. The maximum Gasteiger partial charge on any atom is 0.310 e. The molecule has 0 heterocycles. The van der Waals surface area contributed by atoms with E-state index >= 15 is 0 Å². The number of carbonyl (C=O) groups is 1. The largest absolute Gasteiger partial charge is 0.371 e. The molecule has 110 valence electrons. The molecule has 0 saturated heterocycles. The van der Waals surface area contributed by atoms with Crippen LogP contribution in [0.5, 0.6) is 0 Å². The highest BCUT2D eigenvalue weighted by Crippen LogP contribution is 2.31. The van der Waals surface area contributed by atoms with Gasteiger partial charge in [-0.1, -0.05) is 6.07 Å². The van der Waals surface area contributed by atoms with Crippen LogP contribution in [0.25, 0.3) is 0 Å². The smallest absolute Gasteiger partial charge is 0.310 e. The highest BCUT2D eigenvalue weighted by Gasteiger charge is 2.26. The highest BCUT2D eigenvalue weighted by molar-refractivity contribution is 7.90. The molecule has 0 unspecified atom stereocenters. The van der Waals surface area contributed by atoms with Gasteiger partial charge in [-0.15, -0.1) is 0 Å². The van der Waals surface area contributed by atoms with E-state index in [0.29, 0.717) is 0 Å². The third-order valence-corrected chi connectivity index (χ3v) is 3.64. The Morgan fingerprint density at radius 3 is 2.45 bits per heavy atom. The van der Waals surface area contributed by atoms with E-state index in [1.165, 1.54) is 17.0 Å². The van der Waals surface area contributed by atoms with E-state index in [1.54, 1.807) is 14.1 Å². The zero-order valence-corrected chi connectivity index (χ0v) is 12.1. The molecule has 0 spiro atoms. The number of nitrogens with one attached hydrogen (secondary N) is 1. The minimum Gasteiger partial charge on any atom is -0.371 e. The number of carbonyl (C=O) groups excluding carboxylic acids is 1. The van der Waals surface area contributed by atoms with Gasteiger partial charge in [0.15, 0.2) is 9.84 Å². The van der Waals surface area contributed by atoms with E-state index in [4.69, 9.17) is 0 Å². The van der Waals surface area contributed by atoms with E-state index in [1.807, 2.05) is 0 Å². The molecule has 1 amide bonds. The second-order valence-corrected chi connectivity index (χ2v) is 6.31. The molecule has 0 aliphatic heterocycles. The van der Waals surface area contributed by atoms with E-state index < -0.39 is 20.4 Å². The number of sulfone groups is 1. The number of benzene rings is 1. The van der Waals surface area contributed by atoms with Gasteiger partial charge in [0.25, 0.3) is 0 Å². The molecule has 1 rings (SSSR count). The van der Waals surface area contributed by atoms with Crippen molar-refractivity contribution in [3.05, 3.63) is 28.3 Å². The molecular formula is C11H15N3O5S. The van der Waals surface area contributed by atoms with Gasteiger partial charge in [-0.25, -0.2) is 8.42 Å². The Kier molecular flexibility index (Phi) is 4.66. The Hall–Kier alpha value is -2.16. The molecule has 0 fully saturated rings. The van der Waals surface area contributed by atoms with Crippen molar-refractivity contribution in [2.24, 2.45) is 0 Å². The summed E-state index contributed by atoms with van der Waals surface area (Å²) in [5, 5.41) is 13.7. The molecule has 1 aromatic rings. The number of amides is 1. The van der Waals surface area contributed by atoms with Crippen LogP contribution in [0.15, 0.2) is 23.1 Å². The second kappa shape index (κ2) is 5.87. The van der Waals surface area contributed by atoms with Crippen LogP contribution >= 0.6 is 0 Å². The van der Waals surface area contributed by atoms with Gasteiger partial charge in [0, 0.05) is 20.4 Å². The predicted molar refractivity (Wildman–Crippen MR) is 73.4 cm³/mol. The Morgan fingerprint density at radius 1 is 1.40 bits per heavy atom. The zero-order chi connectivity index (χ0) is 15.5. The maximum atomic E-state index is 11.5. The maximum absolute atomic E-state index is 11.5. The van der Waals surface area contributed by atoms with Crippen molar-refractivity contribution >= 4 is 27.1 Å². The van der Waals surface area contributed by atoms with Crippen molar-refractivity contribution in [2.75, 3.05) is 32.2 Å². The first kappa shape index (κ1) is 15.9. The van der Waals surface area contributed by atoms with Crippen LogP contribution in [0.1, 0.15) is 0 Å². The van der Waals surface area contributed by atoms with Crippen LogP contribution < -0.4 is 5.32 Å². The lowest BCUT2D eigenvalue weighted by Crippen LogP contribution is -2.28. The van der Waals surface area contributed by atoms with E-state index in [2.05, 4.69) is 5.32 Å². The van der Waals surface area contributed by atoms with Crippen molar-refractivity contribution in [2.45, 2.75) is 4.90 Å². The van der Waals surface area contributed by atoms with Gasteiger partial charge in [0.05, 0.1) is 11.5 Å². The summed E-state index contributed by atoms with van der Waals surface area (Å²) in [6, 6.07) is 3.90. The normalized spacial score (nSPS) is 10.9. The molecule has 0 saturated carbocycles. The third-order valence-electron chi connectivity index (χ3n) is 2.51. The number of likely N-dealkylation sites (N-methyl/N-ethyl adjacent to an activating group) is 1. The first-order valence-electron chi connectivity index (χ1n) is 5.56. The monoisotopic (exact) mass is 301 g/mol. The van der Waals surface area contributed by atoms with Crippen LogP contribution in [0, 0.1) is 10.1 Å². The summed E-state index contributed by atoms with van der Waals surface area (Å²) in [6.45, 7) is -0.166. The number of nitrogens with zero attached hydrogens (tertiary/aromatic N) is 2. The third kappa shape index (κ3) is 3.67. The minimum absolute atomic E-state index is 0.00637. The molecule has 0 aliphatic rings. The van der Waals surface area contributed by atoms with Crippen LogP contribution in [-0.4, -0.2) is 51.0 Å². The number of nitro benzene ring substituents is 1. The Bertz CT molecular complexity index is 639. The average Bonchev–Trinajstić information content (AvgIpc) is 2.33. The zero-order valence-electron chi connectivity index (χ0n) is 11.3. The molecule has 8 nitrogen and oxygen atoms in total. The Balaban J connectivity index is 3.21. The van der Waals surface area contributed by atoms with Crippen LogP contribution in [0.3, 0.4) is 0 Å². The van der Waals surface area contributed by atoms with Gasteiger partial charge >= 0.3 is 5.69 Å². The summed E-state index contributed by atoms with van der Waals surface area (Å²) in [7, 11) is -0.639. The van der Waals surface area contributed by atoms with Gasteiger partial charge in [-0.05, 0) is 12.1 Å². The number of nitro groups is 1. The highest BCUT2D eigenvalue weighted by atomic mass is 32.2. The molecule has 1 aromatic carbocycles. The Labute approximate surface area is 116 Å². The van der Waals surface area contributed by atoms with Crippen molar-refractivity contribution < 1.29 is 18.1 Å². The first-order valence-corrected chi connectivity index (χ1v) is 7.45. The number of para-hydroxylation sites is 1. The van der Waals surface area contributed by atoms with Crippen molar-refractivity contribution in [1.82, 2.24) is 4.90 Å².